The van der Waals surface area contributed by atoms with Gasteiger partial charge in [0.15, 0.2) is 11.6 Å². The summed E-state index contributed by atoms with van der Waals surface area (Å²) < 4.78 is 6.54. The number of hydrogen-bond acceptors (Lipinski definition) is 6. The van der Waals surface area contributed by atoms with Crippen molar-refractivity contribution >= 4 is 43.4 Å². The highest BCUT2D eigenvalue weighted by Gasteiger charge is 2.13. The summed E-state index contributed by atoms with van der Waals surface area (Å²) >= 11 is 6.76. The van der Waals surface area contributed by atoms with E-state index in [1.165, 1.54) is 0 Å². The van der Waals surface area contributed by atoms with Gasteiger partial charge in [-0.05, 0) is 71.7 Å². The minimum Gasteiger partial charge on any atom is -0.506 e. The molecule has 3 aromatic rings. The number of phenolic OH excluding ortho intramolecular Hbond substituents is 1. The van der Waals surface area contributed by atoms with Crippen molar-refractivity contribution in [2.24, 2.45) is 5.10 Å². The van der Waals surface area contributed by atoms with Crippen LogP contribution < -0.4 is 10.2 Å². The molecule has 6 nitrogen and oxygen atoms in total. The van der Waals surface area contributed by atoms with Crippen LogP contribution in [0.5, 0.6) is 11.5 Å². The van der Waals surface area contributed by atoms with Crippen molar-refractivity contribution in [1.82, 2.24) is 9.97 Å². The van der Waals surface area contributed by atoms with Crippen molar-refractivity contribution in [3.05, 3.63) is 62.7 Å². The van der Waals surface area contributed by atoms with Gasteiger partial charge in [-0.1, -0.05) is 15.9 Å². The van der Waals surface area contributed by atoms with Gasteiger partial charge in [-0.25, -0.2) is 9.97 Å². The number of phenols is 1. The lowest BCUT2D eigenvalue weighted by molar-refractivity contribution is 0.415. The van der Waals surface area contributed by atoms with Crippen molar-refractivity contribution in [3.8, 4) is 22.9 Å². The van der Waals surface area contributed by atoms with Crippen LogP contribution in [0.1, 0.15) is 18.2 Å². The Balaban J connectivity index is 1.89. The van der Waals surface area contributed by atoms with Crippen molar-refractivity contribution in [2.45, 2.75) is 13.8 Å². The third-order valence-electron chi connectivity index (χ3n) is 3.97. The molecular weight excluding hydrogens is 488 g/mol. The maximum absolute atomic E-state index is 10.4. The Labute approximate surface area is 180 Å². The average Bonchev–Trinajstić information content (AvgIpc) is 2.68. The summed E-state index contributed by atoms with van der Waals surface area (Å²) in [6.45, 7) is 3.77. The number of anilines is 1. The van der Waals surface area contributed by atoms with Crippen LogP contribution in [-0.4, -0.2) is 27.9 Å². The molecule has 0 saturated carbocycles. The fourth-order valence-electron chi connectivity index (χ4n) is 2.52. The highest BCUT2D eigenvalue weighted by Crippen LogP contribution is 2.37. The van der Waals surface area contributed by atoms with Gasteiger partial charge in [0.1, 0.15) is 11.5 Å². The van der Waals surface area contributed by atoms with E-state index < -0.39 is 0 Å². The van der Waals surface area contributed by atoms with Crippen LogP contribution in [-0.2, 0) is 0 Å². The van der Waals surface area contributed by atoms with E-state index in [1.807, 2.05) is 38.1 Å². The standard InChI is InChI=1S/C20H18Br2N4O2/c1-11-8-18(26-25-12(2)13-4-6-15(28-3)7-5-13)24-20(23-11)16-9-14(21)10-17(22)19(16)27/h4-10,27H,1-3H3,(H,23,24,26)/b25-12+. The molecule has 0 bridgehead atoms. The number of methoxy groups -OCH3 is 1. The van der Waals surface area contributed by atoms with Crippen molar-refractivity contribution in [1.29, 1.82) is 0 Å². The smallest absolute Gasteiger partial charge is 0.165 e. The first-order chi connectivity index (χ1) is 13.4. The van der Waals surface area contributed by atoms with Gasteiger partial charge in [-0.3, -0.25) is 5.43 Å². The predicted octanol–water partition coefficient (Wildman–Crippen LogP) is 5.53. The summed E-state index contributed by atoms with van der Waals surface area (Å²) in [6.07, 6.45) is 0. The summed E-state index contributed by atoms with van der Waals surface area (Å²) in [5.74, 6) is 1.81. The summed E-state index contributed by atoms with van der Waals surface area (Å²) in [5, 5.41) is 14.8. The first-order valence-corrected chi connectivity index (χ1v) is 9.94. The molecule has 0 aliphatic rings. The highest BCUT2D eigenvalue weighted by molar-refractivity contribution is 9.11. The number of hydrazone groups is 1. The lowest BCUT2D eigenvalue weighted by atomic mass is 10.1. The molecule has 144 valence electrons. The number of rotatable bonds is 5. The summed E-state index contributed by atoms with van der Waals surface area (Å²) in [6, 6.07) is 13.0. The highest BCUT2D eigenvalue weighted by atomic mass is 79.9. The van der Waals surface area contributed by atoms with Crippen LogP contribution in [0.4, 0.5) is 5.82 Å². The number of aryl methyl sites for hydroxylation is 1. The Morgan fingerprint density at radius 2 is 1.82 bits per heavy atom. The van der Waals surface area contributed by atoms with Crippen molar-refractivity contribution < 1.29 is 9.84 Å². The lowest BCUT2D eigenvalue weighted by Gasteiger charge is -2.10. The second-order valence-corrected chi connectivity index (χ2v) is 7.81. The Morgan fingerprint density at radius 3 is 2.50 bits per heavy atom. The van der Waals surface area contributed by atoms with Crippen LogP contribution in [0.3, 0.4) is 0 Å². The fraction of sp³-hybridized carbons (Fsp3) is 0.150. The Kier molecular flexibility index (Phi) is 6.31. The number of aromatic nitrogens is 2. The van der Waals surface area contributed by atoms with E-state index in [1.54, 1.807) is 25.3 Å². The van der Waals surface area contributed by atoms with Gasteiger partial charge in [0.2, 0.25) is 0 Å². The Bertz CT molecular complexity index is 1040. The summed E-state index contributed by atoms with van der Waals surface area (Å²) in [7, 11) is 1.63. The molecule has 0 amide bonds. The number of ether oxygens (including phenoxy) is 1. The van der Waals surface area contributed by atoms with Gasteiger partial charge >= 0.3 is 0 Å². The molecule has 28 heavy (non-hydrogen) atoms. The van der Waals surface area contributed by atoms with Crippen LogP contribution in [0.15, 0.2) is 56.5 Å². The zero-order valence-corrected chi connectivity index (χ0v) is 18.7. The predicted molar refractivity (Wildman–Crippen MR) is 118 cm³/mol. The topological polar surface area (TPSA) is 79.6 Å². The zero-order chi connectivity index (χ0) is 20.3. The molecule has 0 atom stereocenters. The second kappa shape index (κ2) is 8.70. The van der Waals surface area contributed by atoms with E-state index in [0.29, 0.717) is 21.7 Å². The molecule has 0 radical (unpaired) electrons. The first-order valence-electron chi connectivity index (χ1n) is 8.36. The van der Waals surface area contributed by atoms with Gasteiger partial charge in [0, 0.05) is 16.2 Å². The third-order valence-corrected chi connectivity index (χ3v) is 5.03. The zero-order valence-electron chi connectivity index (χ0n) is 15.5. The third kappa shape index (κ3) is 4.69. The molecule has 0 fully saturated rings. The van der Waals surface area contributed by atoms with Gasteiger partial charge < -0.3 is 9.84 Å². The monoisotopic (exact) mass is 504 g/mol. The van der Waals surface area contributed by atoms with Gasteiger partial charge in [-0.15, -0.1) is 0 Å². The van der Waals surface area contributed by atoms with E-state index in [4.69, 9.17) is 4.74 Å². The molecule has 0 spiro atoms. The molecule has 0 aliphatic heterocycles. The van der Waals surface area contributed by atoms with Crippen LogP contribution in [0.25, 0.3) is 11.4 Å². The molecule has 8 heteroatoms. The molecule has 2 N–H and O–H groups in total. The van der Waals surface area contributed by atoms with Crippen LogP contribution >= 0.6 is 31.9 Å². The molecule has 1 heterocycles. The van der Waals surface area contributed by atoms with E-state index >= 15 is 0 Å². The molecule has 3 rings (SSSR count). The molecule has 0 aliphatic carbocycles. The molecule has 2 aromatic carbocycles. The second-order valence-electron chi connectivity index (χ2n) is 6.04. The number of nitrogens with zero attached hydrogens (tertiary/aromatic N) is 3. The summed E-state index contributed by atoms with van der Waals surface area (Å²) in [5.41, 5.74) is 6.00. The maximum Gasteiger partial charge on any atom is 0.165 e. The van der Waals surface area contributed by atoms with E-state index in [9.17, 15) is 5.11 Å². The minimum atomic E-state index is 0.0812. The normalized spacial score (nSPS) is 11.4. The molecular formula is C20H18Br2N4O2. The molecule has 1 aromatic heterocycles. The SMILES string of the molecule is COc1ccc(/C(C)=N/Nc2cc(C)nc(-c3cc(Br)cc(Br)c3O)n2)cc1. The van der Waals surface area contributed by atoms with Crippen LogP contribution in [0.2, 0.25) is 0 Å². The maximum atomic E-state index is 10.4. The summed E-state index contributed by atoms with van der Waals surface area (Å²) in [4.78, 5) is 8.93. The van der Waals surface area contributed by atoms with E-state index in [-0.39, 0.29) is 5.75 Å². The van der Waals surface area contributed by atoms with Crippen molar-refractivity contribution in [2.75, 3.05) is 12.5 Å². The molecule has 0 saturated heterocycles. The Morgan fingerprint density at radius 1 is 1.11 bits per heavy atom. The number of hydrogen-bond donors (Lipinski definition) is 2. The Hall–Kier alpha value is -2.45. The van der Waals surface area contributed by atoms with Gasteiger partial charge in [0.25, 0.3) is 0 Å². The minimum absolute atomic E-state index is 0.0812. The number of nitrogens with one attached hydrogen (secondary N) is 1. The van der Waals surface area contributed by atoms with E-state index in [2.05, 4.69) is 52.4 Å². The van der Waals surface area contributed by atoms with E-state index in [0.717, 1.165) is 27.2 Å². The van der Waals surface area contributed by atoms with Gasteiger partial charge in [-0.2, -0.15) is 5.10 Å². The quantitative estimate of drug-likeness (QED) is 0.352. The van der Waals surface area contributed by atoms with Gasteiger partial charge in [0.05, 0.1) is 22.9 Å². The number of benzene rings is 2. The van der Waals surface area contributed by atoms with Crippen molar-refractivity contribution in [3.63, 3.8) is 0 Å². The fourth-order valence-corrected chi connectivity index (χ4v) is 3.75. The average molecular weight is 506 g/mol. The lowest BCUT2D eigenvalue weighted by Crippen LogP contribution is -2.03. The van der Waals surface area contributed by atoms with Crippen LogP contribution in [0, 0.1) is 6.92 Å². The number of aromatic hydroxyl groups is 1. The molecule has 0 unspecified atom stereocenters. The largest absolute Gasteiger partial charge is 0.506 e. The first kappa shape index (κ1) is 20.3. The number of halogens is 2.